The summed E-state index contributed by atoms with van der Waals surface area (Å²) < 4.78 is 0. The molecule has 3 aromatic carbocycles. The zero-order valence-corrected chi connectivity index (χ0v) is 15.8. The van der Waals surface area contributed by atoms with Gasteiger partial charge in [-0.05, 0) is 35.9 Å². The Morgan fingerprint density at radius 1 is 0.769 bits per heavy atom. The van der Waals surface area contributed by atoms with Crippen LogP contribution in [-0.2, 0) is 0 Å². The smallest absolute Gasteiger partial charge is 0.0664 e. The summed E-state index contributed by atoms with van der Waals surface area (Å²) in [6.45, 7) is 0. The number of thiol groups is 2. The first kappa shape index (κ1) is 18.2. The predicted octanol–water partition coefficient (Wildman–Crippen LogP) is 6.07. The fourth-order valence-electron chi connectivity index (χ4n) is 2.75. The van der Waals surface area contributed by atoms with E-state index < -0.39 is 0 Å². The van der Waals surface area contributed by atoms with Gasteiger partial charge in [0, 0.05) is 21.2 Å². The number of para-hydroxylation sites is 3. The van der Waals surface area contributed by atoms with Crippen molar-refractivity contribution in [2.45, 2.75) is 22.3 Å². The summed E-state index contributed by atoms with van der Waals surface area (Å²) in [5.74, 6) is 0. The Hall–Kier alpha value is -2.55. The van der Waals surface area contributed by atoms with E-state index in [2.05, 4.69) is 42.0 Å². The zero-order valence-electron chi connectivity index (χ0n) is 14.1. The van der Waals surface area contributed by atoms with Crippen LogP contribution in [0.1, 0.15) is 18.0 Å². The van der Waals surface area contributed by atoms with E-state index in [0.29, 0.717) is 6.42 Å². The molecule has 0 radical (unpaired) electrons. The Bertz CT molecular complexity index is 934. The van der Waals surface area contributed by atoms with Crippen molar-refractivity contribution in [2.75, 3.05) is 10.6 Å². The summed E-state index contributed by atoms with van der Waals surface area (Å²) in [4.78, 5) is 1.72. The molecular formula is C21H19N3S2. The Balaban J connectivity index is 1.94. The Labute approximate surface area is 164 Å². The molecule has 0 fully saturated rings. The molecule has 0 aliphatic carbocycles. The third-order valence-corrected chi connectivity index (χ3v) is 4.82. The molecule has 2 N–H and O–H groups in total. The van der Waals surface area contributed by atoms with Gasteiger partial charge in [0.15, 0.2) is 0 Å². The third kappa shape index (κ3) is 4.34. The molecule has 1 unspecified atom stereocenters. The molecule has 0 bridgehead atoms. The van der Waals surface area contributed by atoms with Crippen LogP contribution in [0.15, 0.2) is 82.6 Å². The van der Waals surface area contributed by atoms with Crippen LogP contribution in [0.5, 0.6) is 0 Å². The van der Waals surface area contributed by atoms with Gasteiger partial charge in [-0.3, -0.25) is 0 Å². The van der Waals surface area contributed by atoms with E-state index in [1.54, 1.807) is 0 Å². The van der Waals surface area contributed by atoms with Gasteiger partial charge in [0.05, 0.1) is 24.2 Å². The highest BCUT2D eigenvalue weighted by molar-refractivity contribution is 7.80. The van der Waals surface area contributed by atoms with Gasteiger partial charge in [-0.1, -0.05) is 42.5 Å². The van der Waals surface area contributed by atoms with Gasteiger partial charge in [-0.15, -0.1) is 25.3 Å². The molecule has 0 amide bonds. The molecule has 0 aliphatic heterocycles. The average Bonchev–Trinajstić information content (AvgIpc) is 2.65. The Kier molecular flexibility index (Phi) is 6.11. The van der Waals surface area contributed by atoms with Crippen molar-refractivity contribution in [1.29, 1.82) is 5.26 Å². The lowest BCUT2D eigenvalue weighted by atomic mass is 10.0. The molecule has 0 spiro atoms. The Morgan fingerprint density at radius 3 is 1.92 bits per heavy atom. The number of nitrogens with one attached hydrogen (secondary N) is 2. The number of hydrogen-bond donors (Lipinski definition) is 4. The maximum Gasteiger partial charge on any atom is 0.0664 e. The molecule has 3 aromatic rings. The molecule has 0 aromatic heterocycles. The first-order valence-corrected chi connectivity index (χ1v) is 9.14. The number of hydrogen-bond acceptors (Lipinski definition) is 5. The van der Waals surface area contributed by atoms with Crippen LogP contribution < -0.4 is 10.6 Å². The van der Waals surface area contributed by atoms with Crippen LogP contribution in [0.3, 0.4) is 0 Å². The lowest BCUT2D eigenvalue weighted by molar-refractivity contribution is 0.805. The van der Waals surface area contributed by atoms with E-state index in [0.717, 1.165) is 32.4 Å². The van der Waals surface area contributed by atoms with Crippen molar-refractivity contribution in [3.63, 3.8) is 0 Å². The molecule has 0 heterocycles. The normalized spacial score (nSPS) is 11.4. The highest BCUT2D eigenvalue weighted by Crippen LogP contribution is 2.33. The molecular weight excluding hydrogens is 358 g/mol. The van der Waals surface area contributed by atoms with Gasteiger partial charge >= 0.3 is 0 Å². The van der Waals surface area contributed by atoms with Crippen LogP contribution in [0.2, 0.25) is 0 Å². The molecule has 0 aliphatic rings. The SMILES string of the molecule is N#CCC(Nc1ccccc1S)c1ccccc1Nc1ccccc1S. The Morgan fingerprint density at radius 2 is 1.31 bits per heavy atom. The highest BCUT2D eigenvalue weighted by Gasteiger charge is 2.16. The van der Waals surface area contributed by atoms with Gasteiger partial charge in [-0.25, -0.2) is 0 Å². The number of nitriles is 1. The van der Waals surface area contributed by atoms with Gasteiger partial charge in [0.2, 0.25) is 0 Å². The van der Waals surface area contributed by atoms with E-state index in [9.17, 15) is 5.26 Å². The minimum Gasteiger partial charge on any atom is -0.376 e. The molecule has 1 atom stereocenters. The predicted molar refractivity (Wildman–Crippen MR) is 114 cm³/mol. The van der Waals surface area contributed by atoms with Crippen molar-refractivity contribution in [1.82, 2.24) is 0 Å². The summed E-state index contributed by atoms with van der Waals surface area (Å²) in [6, 6.07) is 25.7. The summed E-state index contributed by atoms with van der Waals surface area (Å²) in [5, 5.41) is 16.2. The molecule has 26 heavy (non-hydrogen) atoms. The molecule has 3 nitrogen and oxygen atoms in total. The molecule has 0 saturated heterocycles. The number of anilines is 3. The quantitative estimate of drug-likeness (QED) is 0.394. The fourth-order valence-corrected chi connectivity index (χ4v) is 3.19. The summed E-state index contributed by atoms with van der Waals surface area (Å²) >= 11 is 9.01. The summed E-state index contributed by atoms with van der Waals surface area (Å²) in [7, 11) is 0. The summed E-state index contributed by atoms with van der Waals surface area (Å²) in [6.07, 6.45) is 0.337. The topological polar surface area (TPSA) is 47.9 Å². The standard InChI is InChI=1S/C21H19N3S2/c22-14-13-17(24-19-10-4-6-12-21(19)26)15-7-1-2-8-16(15)23-18-9-3-5-11-20(18)25/h1-12,17,23-26H,13H2. The van der Waals surface area contributed by atoms with Gasteiger partial charge in [0.1, 0.15) is 0 Å². The van der Waals surface area contributed by atoms with Crippen LogP contribution in [0.25, 0.3) is 0 Å². The van der Waals surface area contributed by atoms with Crippen molar-refractivity contribution in [3.05, 3.63) is 78.4 Å². The van der Waals surface area contributed by atoms with E-state index in [1.165, 1.54) is 0 Å². The average molecular weight is 378 g/mol. The highest BCUT2D eigenvalue weighted by atomic mass is 32.1. The van der Waals surface area contributed by atoms with Crippen LogP contribution in [0, 0.1) is 11.3 Å². The number of nitrogens with zero attached hydrogens (tertiary/aromatic N) is 1. The molecule has 0 saturated carbocycles. The summed E-state index contributed by atoms with van der Waals surface area (Å²) in [5.41, 5.74) is 3.79. The van der Waals surface area contributed by atoms with E-state index >= 15 is 0 Å². The van der Waals surface area contributed by atoms with Crippen molar-refractivity contribution < 1.29 is 0 Å². The van der Waals surface area contributed by atoms with Gasteiger partial charge in [-0.2, -0.15) is 5.26 Å². The lowest BCUT2D eigenvalue weighted by Crippen LogP contribution is -2.12. The first-order valence-electron chi connectivity index (χ1n) is 8.24. The van der Waals surface area contributed by atoms with Crippen LogP contribution in [-0.4, -0.2) is 0 Å². The van der Waals surface area contributed by atoms with Crippen LogP contribution in [0.4, 0.5) is 17.1 Å². The van der Waals surface area contributed by atoms with Gasteiger partial charge in [0.25, 0.3) is 0 Å². The first-order chi connectivity index (χ1) is 12.7. The molecule has 5 heteroatoms. The van der Waals surface area contributed by atoms with E-state index in [1.807, 2.05) is 72.8 Å². The van der Waals surface area contributed by atoms with Crippen LogP contribution >= 0.6 is 25.3 Å². The molecule has 3 rings (SSSR count). The largest absolute Gasteiger partial charge is 0.376 e. The van der Waals surface area contributed by atoms with Crippen molar-refractivity contribution in [2.24, 2.45) is 0 Å². The van der Waals surface area contributed by atoms with Crippen molar-refractivity contribution >= 4 is 42.3 Å². The number of benzene rings is 3. The minimum absolute atomic E-state index is 0.163. The maximum atomic E-state index is 9.33. The lowest BCUT2D eigenvalue weighted by Gasteiger charge is -2.22. The zero-order chi connectivity index (χ0) is 18.4. The second kappa shape index (κ2) is 8.70. The second-order valence-corrected chi connectivity index (χ2v) is 6.77. The van der Waals surface area contributed by atoms with E-state index in [-0.39, 0.29) is 6.04 Å². The second-order valence-electron chi connectivity index (χ2n) is 5.81. The number of rotatable bonds is 6. The minimum atomic E-state index is -0.163. The maximum absolute atomic E-state index is 9.33. The van der Waals surface area contributed by atoms with Crippen molar-refractivity contribution in [3.8, 4) is 6.07 Å². The van der Waals surface area contributed by atoms with E-state index in [4.69, 9.17) is 0 Å². The fraction of sp³-hybridized carbons (Fsp3) is 0.0952. The monoisotopic (exact) mass is 377 g/mol. The van der Waals surface area contributed by atoms with Gasteiger partial charge < -0.3 is 10.6 Å². The molecule has 130 valence electrons. The third-order valence-electron chi connectivity index (χ3n) is 4.04.